The number of aryl methyl sites for hydroxylation is 1. The second-order valence-corrected chi connectivity index (χ2v) is 7.48. The average Bonchev–Trinajstić information content (AvgIpc) is 3.36. The van der Waals surface area contributed by atoms with Gasteiger partial charge in [-0.25, -0.2) is 9.78 Å². The predicted molar refractivity (Wildman–Crippen MR) is 110 cm³/mol. The summed E-state index contributed by atoms with van der Waals surface area (Å²) in [5, 5.41) is 2.85. The van der Waals surface area contributed by atoms with Gasteiger partial charge in [-0.15, -0.1) is 0 Å². The first-order valence-electron chi connectivity index (χ1n) is 9.66. The monoisotopic (exact) mass is 396 g/mol. The van der Waals surface area contributed by atoms with E-state index in [1.54, 1.807) is 7.05 Å². The van der Waals surface area contributed by atoms with Crippen LogP contribution in [0.3, 0.4) is 0 Å². The van der Waals surface area contributed by atoms with E-state index in [-0.39, 0.29) is 23.6 Å². The lowest BCUT2D eigenvalue weighted by molar-refractivity contribution is -0.116. The summed E-state index contributed by atoms with van der Waals surface area (Å²) < 4.78 is 3.77. The molecular weight excluding hydrogens is 372 g/mol. The fourth-order valence-electron chi connectivity index (χ4n) is 3.76. The minimum Gasteiger partial charge on any atom is -0.325 e. The van der Waals surface area contributed by atoms with E-state index in [2.05, 4.69) is 15.2 Å². The van der Waals surface area contributed by atoms with Gasteiger partial charge in [0.15, 0.2) is 11.2 Å². The molecule has 1 aliphatic heterocycles. The number of likely N-dealkylation sites (tertiary alicyclic amines) is 1. The molecule has 29 heavy (non-hydrogen) atoms. The number of nitrogens with zero attached hydrogens (tertiary/aromatic N) is 5. The molecule has 1 aliphatic rings. The van der Waals surface area contributed by atoms with Crippen molar-refractivity contribution in [3.63, 3.8) is 0 Å². The largest absolute Gasteiger partial charge is 0.332 e. The second kappa shape index (κ2) is 7.67. The lowest BCUT2D eigenvalue weighted by atomic mass is 10.2. The maximum absolute atomic E-state index is 12.5. The van der Waals surface area contributed by atoms with Gasteiger partial charge in [0, 0.05) is 26.3 Å². The highest BCUT2D eigenvalue weighted by atomic mass is 16.2. The molecule has 0 unspecified atom stereocenters. The fourth-order valence-corrected chi connectivity index (χ4v) is 3.76. The Balaban J connectivity index is 1.47. The third-order valence-corrected chi connectivity index (χ3v) is 5.37. The van der Waals surface area contributed by atoms with E-state index in [0.29, 0.717) is 5.69 Å². The van der Waals surface area contributed by atoms with E-state index in [4.69, 9.17) is 0 Å². The van der Waals surface area contributed by atoms with Gasteiger partial charge >= 0.3 is 5.69 Å². The Morgan fingerprint density at radius 2 is 1.76 bits per heavy atom. The molecule has 0 spiro atoms. The molecule has 3 aromatic rings. The molecule has 4 rings (SSSR count). The predicted octanol–water partition coefficient (Wildman–Crippen LogP) is 0.668. The highest BCUT2D eigenvalue weighted by molar-refractivity contribution is 5.91. The van der Waals surface area contributed by atoms with Crippen molar-refractivity contribution in [3.05, 3.63) is 57.0 Å². The van der Waals surface area contributed by atoms with Crippen LogP contribution in [0, 0.1) is 0 Å². The number of benzene rings is 1. The maximum Gasteiger partial charge on any atom is 0.332 e. The molecule has 0 saturated carbocycles. The number of imidazole rings is 1. The molecule has 0 bridgehead atoms. The van der Waals surface area contributed by atoms with Gasteiger partial charge in [0.1, 0.15) is 6.54 Å². The Morgan fingerprint density at radius 1 is 1.07 bits per heavy atom. The van der Waals surface area contributed by atoms with Crippen molar-refractivity contribution in [2.24, 2.45) is 14.1 Å². The van der Waals surface area contributed by atoms with Crippen molar-refractivity contribution in [2.45, 2.75) is 25.9 Å². The maximum atomic E-state index is 12.5. The molecule has 0 atom stereocenters. The van der Waals surface area contributed by atoms with Crippen LogP contribution in [0.25, 0.3) is 11.2 Å². The third kappa shape index (κ3) is 3.73. The van der Waals surface area contributed by atoms with Gasteiger partial charge in [0.25, 0.3) is 5.56 Å². The average molecular weight is 396 g/mol. The number of carbonyl (C=O) groups is 1. The number of rotatable bonds is 5. The van der Waals surface area contributed by atoms with Gasteiger partial charge < -0.3 is 9.88 Å². The Bertz CT molecular complexity index is 1170. The van der Waals surface area contributed by atoms with Crippen molar-refractivity contribution in [3.8, 4) is 0 Å². The van der Waals surface area contributed by atoms with Gasteiger partial charge in [-0.1, -0.05) is 12.1 Å². The van der Waals surface area contributed by atoms with Crippen LogP contribution in [0.5, 0.6) is 0 Å². The Kier molecular flexibility index (Phi) is 5.06. The molecular formula is C20H24N6O3. The molecule has 1 aromatic carbocycles. The SMILES string of the molecule is Cn1c(=O)c2c(ncn2CC(=O)Nc2ccc(CN3CCCC3)cc2)n(C)c1=O. The van der Waals surface area contributed by atoms with Crippen molar-refractivity contribution in [1.29, 1.82) is 0 Å². The topological polar surface area (TPSA) is 94.2 Å². The van der Waals surface area contributed by atoms with Crippen LogP contribution < -0.4 is 16.6 Å². The highest BCUT2D eigenvalue weighted by Crippen LogP contribution is 2.15. The van der Waals surface area contributed by atoms with Crippen LogP contribution in [0.2, 0.25) is 0 Å². The van der Waals surface area contributed by atoms with Crippen molar-refractivity contribution in [2.75, 3.05) is 18.4 Å². The number of nitrogens with one attached hydrogen (secondary N) is 1. The summed E-state index contributed by atoms with van der Waals surface area (Å²) >= 11 is 0. The summed E-state index contributed by atoms with van der Waals surface area (Å²) in [5.41, 5.74) is 1.48. The number of fused-ring (bicyclic) bond motifs is 1. The van der Waals surface area contributed by atoms with Gasteiger partial charge in [-0.3, -0.25) is 23.6 Å². The molecule has 1 fully saturated rings. The van der Waals surface area contributed by atoms with Gasteiger partial charge in [0.05, 0.1) is 6.33 Å². The number of hydrogen-bond acceptors (Lipinski definition) is 5. The van der Waals surface area contributed by atoms with E-state index >= 15 is 0 Å². The van der Waals surface area contributed by atoms with Crippen LogP contribution in [0.15, 0.2) is 40.2 Å². The van der Waals surface area contributed by atoms with Crippen LogP contribution in [-0.2, 0) is 32.0 Å². The summed E-state index contributed by atoms with van der Waals surface area (Å²) in [6, 6.07) is 7.81. The van der Waals surface area contributed by atoms with E-state index in [1.165, 1.54) is 40.9 Å². The first kappa shape index (κ1) is 19.1. The third-order valence-electron chi connectivity index (χ3n) is 5.37. The molecule has 9 nitrogen and oxygen atoms in total. The molecule has 2 aromatic heterocycles. The molecule has 0 radical (unpaired) electrons. The van der Waals surface area contributed by atoms with Crippen LogP contribution >= 0.6 is 0 Å². The number of hydrogen-bond donors (Lipinski definition) is 1. The number of amides is 1. The van der Waals surface area contributed by atoms with Crippen LogP contribution in [-0.4, -0.2) is 42.6 Å². The summed E-state index contributed by atoms with van der Waals surface area (Å²) in [7, 11) is 2.95. The van der Waals surface area contributed by atoms with Crippen LogP contribution in [0.1, 0.15) is 18.4 Å². The number of anilines is 1. The van der Waals surface area contributed by atoms with Gasteiger partial charge in [0.2, 0.25) is 5.91 Å². The quantitative estimate of drug-likeness (QED) is 0.684. The van der Waals surface area contributed by atoms with Gasteiger partial charge in [-0.2, -0.15) is 0 Å². The zero-order valence-corrected chi connectivity index (χ0v) is 16.6. The summed E-state index contributed by atoms with van der Waals surface area (Å²) in [6.45, 7) is 3.14. The number of aromatic nitrogens is 4. The second-order valence-electron chi connectivity index (χ2n) is 7.48. The normalized spacial score (nSPS) is 14.6. The molecule has 1 N–H and O–H groups in total. The minimum atomic E-state index is -0.473. The number of carbonyl (C=O) groups excluding carboxylic acids is 1. The summed E-state index contributed by atoms with van der Waals surface area (Å²) in [5.74, 6) is -0.271. The lowest BCUT2D eigenvalue weighted by Gasteiger charge is -2.14. The Morgan fingerprint density at radius 3 is 2.45 bits per heavy atom. The van der Waals surface area contributed by atoms with Crippen molar-refractivity contribution < 1.29 is 4.79 Å². The molecule has 1 amide bonds. The zero-order valence-electron chi connectivity index (χ0n) is 16.6. The summed E-state index contributed by atoms with van der Waals surface area (Å²) in [4.78, 5) is 43.5. The molecule has 1 saturated heterocycles. The van der Waals surface area contributed by atoms with E-state index in [9.17, 15) is 14.4 Å². The Hall–Kier alpha value is -3.20. The zero-order chi connectivity index (χ0) is 20.5. The van der Waals surface area contributed by atoms with Gasteiger partial charge in [-0.05, 0) is 43.6 Å². The summed E-state index contributed by atoms with van der Waals surface area (Å²) in [6.07, 6.45) is 3.92. The van der Waals surface area contributed by atoms with Crippen LogP contribution in [0.4, 0.5) is 5.69 Å². The molecule has 0 aliphatic carbocycles. The molecule has 9 heteroatoms. The first-order valence-corrected chi connectivity index (χ1v) is 9.66. The van der Waals surface area contributed by atoms with Crippen molar-refractivity contribution >= 4 is 22.8 Å². The minimum absolute atomic E-state index is 0.0700. The Labute approximate surface area is 167 Å². The van der Waals surface area contributed by atoms with E-state index in [1.807, 2.05) is 24.3 Å². The lowest BCUT2D eigenvalue weighted by Crippen LogP contribution is -2.37. The highest BCUT2D eigenvalue weighted by Gasteiger charge is 2.16. The standard InChI is InChI=1S/C20H24N6O3/c1-23-18-17(19(28)24(2)20(23)29)26(13-21-18)12-16(27)22-15-7-5-14(6-8-15)11-25-9-3-4-10-25/h5-8,13H,3-4,9-12H2,1-2H3,(H,22,27). The molecule has 152 valence electrons. The van der Waals surface area contributed by atoms with Crippen molar-refractivity contribution in [1.82, 2.24) is 23.6 Å². The fraction of sp³-hybridized carbons (Fsp3) is 0.400. The molecule has 3 heterocycles. The first-order chi connectivity index (χ1) is 13.9. The van der Waals surface area contributed by atoms with E-state index in [0.717, 1.165) is 24.2 Å². The smallest absolute Gasteiger partial charge is 0.325 e. The van der Waals surface area contributed by atoms with E-state index < -0.39 is 11.2 Å².